The Morgan fingerprint density at radius 2 is 1.96 bits per heavy atom. The summed E-state index contributed by atoms with van der Waals surface area (Å²) in [5, 5.41) is 6.07. The van der Waals surface area contributed by atoms with Gasteiger partial charge in [-0.1, -0.05) is 12.1 Å². The first-order chi connectivity index (χ1) is 12.1. The molecule has 0 unspecified atom stereocenters. The summed E-state index contributed by atoms with van der Waals surface area (Å²) in [6.07, 6.45) is 2.40. The molecule has 2 N–H and O–H groups in total. The molecular formula is C18H25N5O2. The molecule has 1 aromatic carbocycles. The van der Waals surface area contributed by atoms with Crippen LogP contribution in [0.2, 0.25) is 0 Å². The molecular weight excluding hydrogens is 318 g/mol. The maximum Gasteiger partial charge on any atom is 0.270 e. The molecule has 0 aliphatic heterocycles. The van der Waals surface area contributed by atoms with Crippen LogP contribution in [0.5, 0.6) is 5.75 Å². The highest BCUT2D eigenvalue weighted by molar-refractivity contribution is 5.92. The summed E-state index contributed by atoms with van der Waals surface area (Å²) in [6.45, 7) is 2.22. The molecule has 0 saturated carbocycles. The lowest BCUT2D eigenvalue weighted by Gasteiger charge is -2.10. The van der Waals surface area contributed by atoms with Crippen molar-refractivity contribution < 1.29 is 9.53 Å². The average molecular weight is 343 g/mol. The van der Waals surface area contributed by atoms with Gasteiger partial charge in [0, 0.05) is 19.2 Å². The van der Waals surface area contributed by atoms with E-state index in [2.05, 4.69) is 25.5 Å². The Kier molecular flexibility index (Phi) is 7.16. The Morgan fingerprint density at radius 3 is 2.64 bits per heavy atom. The van der Waals surface area contributed by atoms with Crippen molar-refractivity contribution in [3.63, 3.8) is 0 Å². The molecule has 0 spiro atoms. The minimum Gasteiger partial charge on any atom is -0.497 e. The summed E-state index contributed by atoms with van der Waals surface area (Å²) in [4.78, 5) is 22.6. The van der Waals surface area contributed by atoms with Crippen molar-refractivity contribution in [3.05, 3.63) is 47.9 Å². The molecule has 1 heterocycles. The smallest absolute Gasteiger partial charge is 0.270 e. The molecule has 7 heteroatoms. The fourth-order valence-corrected chi connectivity index (χ4v) is 2.21. The van der Waals surface area contributed by atoms with Gasteiger partial charge in [-0.3, -0.25) is 4.79 Å². The molecule has 1 amide bonds. The molecule has 134 valence electrons. The third-order valence-electron chi connectivity index (χ3n) is 3.60. The first-order valence-electron chi connectivity index (χ1n) is 8.20. The summed E-state index contributed by atoms with van der Waals surface area (Å²) in [5.41, 5.74) is 1.34. The maximum absolute atomic E-state index is 12.3. The number of benzene rings is 1. The van der Waals surface area contributed by atoms with E-state index in [-0.39, 0.29) is 5.91 Å². The van der Waals surface area contributed by atoms with Crippen LogP contribution in [-0.4, -0.2) is 55.1 Å². The Labute approximate surface area is 148 Å². The summed E-state index contributed by atoms with van der Waals surface area (Å²) in [7, 11) is 5.70. The van der Waals surface area contributed by atoms with Crippen molar-refractivity contribution in [3.8, 4) is 5.75 Å². The van der Waals surface area contributed by atoms with Gasteiger partial charge < -0.3 is 20.3 Å². The number of hydrogen-bond acceptors (Lipinski definition) is 6. The number of amides is 1. The summed E-state index contributed by atoms with van der Waals surface area (Å²) >= 11 is 0. The molecule has 0 bridgehead atoms. The Morgan fingerprint density at radius 1 is 1.20 bits per heavy atom. The van der Waals surface area contributed by atoms with Gasteiger partial charge in [-0.25, -0.2) is 9.97 Å². The second kappa shape index (κ2) is 9.58. The number of ether oxygens (including phenoxy) is 1. The van der Waals surface area contributed by atoms with Crippen molar-refractivity contribution in [2.24, 2.45) is 0 Å². The van der Waals surface area contributed by atoms with Crippen LogP contribution in [0.15, 0.2) is 36.7 Å². The maximum atomic E-state index is 12.3. The number of carbonyl (C=O) groups excluding carboxylic acids is 1. The molecule has 0 aliphatic rings. The number of anilines is 1. The van der Waals surface area contributed by atoms with Crippen LogP contribution in [-0.2, 0) is 6.54 Å². The lowest BCUT2D eigenvalue weighted by atomic mass is 10.2. The van der Waals surface area contributed by atoms with Gasteiger partial charge >= 0.3 is 0 Å². The lowest BCUT2D eigenvalue weighted by molar-refractivity contribution is 0.0946. The molecule has 0 fully saturated rings. The van der Waals surface area contributed by atoms with E-state index in [1.54, 1.807) is 13.2 Å². The third-order valence-corrected chi connectivity index (χ3v) is 3.60. The van der Waals surface area contributed by atoms with E-state index < -0.39 is 0 Å². The first kappa shape index (κ1) is 18.7. The van der Waals surface area contributed by atoms with Gasteiger partial charge in [0.05, 0.1) is 7.11 Å². The zero-order valence-corrected chi connectivity index (χ0v) is 15.0. The number of hydrogen-bond donors (Lipinski definition) is 2. The van der Waals surface area contributed by atoms with Crippen LogP contribution in [0.4, 0.5) is 5.82 Å². The largest absolute Gasteiger partial charge is 0.497 e. The van der Waals surface area contributed by atoms with Gasteiger partial charge in [-0.2, -0.15) is 0 Å². The number of methoxy groups -OCH3 is 1. The number of rotatable bonds is 9. The minimum absolute atomic E-state index is 0.227. The average Bonchev–Trinajstić information content (AvgIpc) is 2.64. The van der Waals surface area contributed by atoms with Gasteiger partial charge in [0.15, 0.2) is 0 Å². The topological polar surface area (TPSA) is 79.4 Å². The summed E-state index contributed by atoms with van der Waals surface area (Å²) in [6, 6.07) is 9.22. The Hall–Kier alpha value is -2.67. The SMILES string of the molecule is COc1ccc(CNC(=O)c2cc(NCCCN(C)C)ncn2)cc1. The Bertz CT molecular complexity index is 673. The van der Waals surface area contributed by atoms with Crippen LogP contribution in [0.1, 0.15) is 22.5 Å². The minimum atomic E-state index is -0.227. The van der Waals surface area contributed by atoms with Gasteiger partial charge in [-0.05, 0) is 44.8 Å². The van der Waals surface area contributed by atoms with Crippen LogP contribution in [0.3, 0.4) is 0 Å². The van der Waals surface area contributed by atoms with E-state index in [0.717, 1.165) is 30.8 Å². The van der Waals surface area contributed by atoms with Crippen LogP contribution < -0.4 is 15.4 Å². The van der Waals surface area contributed by atoms with Gasteiger partial charge in [0.2, 0.25) is 0 Å². The predicted molar refractivity (Wildman–Crippen MR) is 97.9 cm³/mol. The molecule has 0 saturated heterocycles. The molecule has 0 radical (unpaired) electrons. The van der Waals surface area contributed by atoms with E-state index in [4.69, 9.17) is 4.74 Å². The van der Waals surface area contributed by atoms with Crippen molar-refractivity contribution in [1.82, 2.24) is 20.2 Å². The van der Waals surface area contributed by atoms with E-state index in [1.165, 1.54) is 6.33 Å². The molecule has 2 rings (SSSR count). The summed E-state index contributed by atoms with van der Waals surface area (Å²) in [5.74, 6) is 1.22. The molecule has 1 aromatic heterocycles. The van der Waals surface area contributed by atoms with Crippen molar-refractivity contribution in [1.29, 1.82) is 0 Å². The van der Waals surface area contributed by atoms with Crippen LogP contribution in [0, 0.1) is 0 Å². The van der Waals surface area contributed by atoms with Crippen molar-refractivity contribution in [2.75, 3.05) is 39.6 Å². The highest BCUT2D eigenvalue weighted by Crippen LogP contribution is 2.11. The number of nitrogens with zero attached hydrogens (tertiary/aromatic N) is 3. The fraction of sp³-hybridized carbons (Fsp3) is 0.389. The lowest BCUT2D eigenvalue weighted by Crippen LogP contribution is -2.24. The molecule has 0 atom stereocenters. The monoisotopic (exact) mass is 343 g/mol. The summed E-state index contributed by atoms with van der Waals surface area (Å²) < 4.78 is 5.12. The zero-order valence-electron chi connectivity index (χ0n) is 15.0. The number of nitrogens with one attached hydrogen (secondary N) is 2. The Balaban J connectivity index is 1.85. The molecule has 0 aliphatic carbocycles. The van der Waals surface area contributed by atoms with Crippen molar-refractivity contribution in [2.45, 2.75) is 13.0 Å². The highest BCUT2D eigenvalue weighted by atomic mass is 16.5. The standard InChI is InChI=1S/C18H25N5O2/c1-23(2)10-4-9-19-17-11-16(21-13-22-17)18(24)20-12-14-5-7-15(25-3)8-6-14/h5-8,11,13H,4,9-10,12H2,1-3H3,(H,20,24)(H,19,21,22). The van der Waals surface area contributed by atoms with E-state index in [1.807, 2.05) is 38.4 Å². The van der Waals surface area contributed by atoms with E-state index in [0.29, 0.717) is 18.1 Å². The number of carbonyl (C=O) groups is 1. The molecule has 7 nitrogen and oxygen atoms in total. The van der Waals surface area contributed by atoms with E-state index >= 15 is 0 Å². The van der Waals surface area contributed by atoms with Gasteiger partial charge in [-0.15, -0.1) is 0 Å². The number of aromatic nitrogens is 2. The van der Waals surface area contributed by atoms with Crippen LogP contribution in [0.25, 0.3) is 0 Å². The normalized spacial score (nSPS) is 10.6. The van der Waals surface area contributed by atoms with E-state index in [9.17, 15) is 4.79 Å². The van der Waals surface area contributed by atoms with Gasteiger partial charge in [0.1, 0.15) is 23.6 Å². The third kappa shape index (κ3) is 6.39. The second-order valence-electron chi connectivity index (χ2n) is 5.90. The second-order valence-corrected chi connectivity index (χ2v) is 5.90. The quantitative estimate of drug-likeness (QED) is 0.676. The van der Waals surface area contributed by atoms with Crippen molar-refractivity contribution >= 4 is 11.7 Å². The zero-order chi connectivity index (χ0) is 18.1. The highest BCUT2D eigenvalue weighted by Gasteiger charge is 2.08. The first-order valence-corrected chi connectivity index (χ1v) is 8.20. The fourth-order valence-electron chi connectivity index (χ4n) is 2.21. The molecule has 25 heavy (non-hydrogen) atoms. The van der Waals surface area contributed by atoms with Crippen LogP contribution >= 0.6 is 0 Å². The predicted octanol–water partition coefficient (Wildman–Crippen LogP) is 1.78. The molecule has 2 aromatic rings. The van der Waals surface area contributed by atoms with Gasteiger partial charge in [0.25, 0.3) is 5.91 Å².